The van der Waals surface area contributed by atoms with Crippen molar-refractivity contribution in [1.29, 1.82) is 0 Å². The molecule has 1 saturated heterocycles. The molecule has 1 nitrogen and oxygen atoms in total. The maximum atomic E-state index is 11.9. The minimum absolute atomic E-state index is 0.0982. The summed E-state index contributed by atoms with van der Waals surface area (Å²) in [5.74, 6) is 0. The third-order valence-corrected chi connectivity index (χ3v) is 1.85. The van der Waals surface area contributed by atoms with Gasteiger partial charge in [0.2, 0.25) is 0 Å². The SMILES string of the molecule is C=C1CCCN(CC(F)F)C1. The molecule has 11 heavy (non-hydrogen) atoms. The molecule has 0 amide bonds. The van der Waals surface area contributed by atoms with Crippen LogP contribution in [-0.4, -0.2) is 31.0 Å². The molecule has 0 radical (unpaired) electrons. The molecular weight excluding hydrogens is 148 g/mol. The first-order chi connectivity index (χ1) is 5.18. The number of halogens is 2. The van der Waals surface area contributed by atoms with Crippen LogP contribution in [-0.2, 0) is 0 Å². The van der Waals surface area contributed by atoms with E-state index in [2.05, 4.69) is 6.58 Å². The first kappa shape index (κ1) is 8.65. The van der Waals surface area contributed by atoms with Crippen molar-refractivity contribution in [2.24, 2.45) is 0 Å². The van der Waals surface area contributed by atoms with Crippen LogP contribution >= 0.6 is 0 Å². The van der Waals surface area contributed by atoms with E-state index in [-0.39, 0.29) is 6.54 Å². The maximum absolute atomic E-state index is 11.9. The molecule has 1 rings (SSSR count). The van der Waals surface area contributed by atoms with Crippen LogP contribution in [0.2, 0.25) is 0 Å². The Morgan fingerprint density at radius 3 is 2.82 bits per heavy atom. The van der Waals surface area contributed by atoms with Crippen molar-refractivity contribution >= 4 is 0 Å². The van der Waals surface area contributed by atoms with E-state index in [0.29, 0.717) is 6.54 Å². The van der Waals surface area contributed by atoms with Gasteiger partial charge in [0.05, 0.1) is 6.54 Å². The predicted molar refractivity (Wildman–Crippen MR) is 40.8 cm³/mol. The molecule has 0 bridgehead atoms. The quantitative estimate of drug-likeness (QED) is 0.559. The van der Waals surface area contributed by atoms with Crippen LogP contribution in [0.25, 0.3) is 0 Å². The second kappa shape index (κ2) is 3.81. The average molecular weight is 161 g/mol. The van der Waals surface area contributed by atoms with E-state index in [0.717, 1.165) is 25.0 Å². The monoisotopic (exact) mass is 161 g/mol. The fourth-order valence-corrected chi connectivity index (χ4v) is 1.38. The number of hydrogen-bond acceptors (Lipinski definition) is 1. The molecule has 0 aromatic heterocycles. The third kappa shape index (κ3) is 2.97. The highest BCUT2D eigenvalue weighted by atomic mass is 19.3. The molecule has 1 aliphatic heterocycles. The van der Waals surface area contributed by atoms with Crippen molar-refractivity contribution < 1.29 is 8.78 Å². The van der Waals surface area contributed by atoms with Gasteiger partial charge in [-0.25, -0.2) is 8.78 Å². The Balaban J connectivity index is 2.28. The molecule has 0 aromatic rings. The Kier molecular flexibility index (Phi) is 3.00. The van der Waals surface area contributed by atoms with Gasteiger partial charge >= 0.3 is 0 Å². The van der Waals surface area contributed by atoms with Crippen LogP contribution in [0.4, 0.5) is 8.78 Å². The molecule has 0 unspecified atom stereocenters. The zero-order valence-electron chi connectivity index (χ0n) is 6.52. The van der Waals surface area contributed by atoms with E-state index in [9.17, 15) is 8.78 Å². The summed E-state index contributed by atoms with van der Waals surface area (Å²) in [5.41, 5.74) is 1.08. The highest BCUT2D eigenvalue weighted by Crippen LogP contribution is 2.14. The zero-order valence-corrected chi connectivity index (χ0v) is 6.52. The number of hydrogen-bond donors (Lipinski definition) is 0. The summed E-state index contributed by atoms with van der Waals surface area (Å²) in [5, 5.41) is 0. The smallest absolute Gasteiger partial charge is 0.251 e. The van der Waals surface area contributed by atoms with E-state index in [1.165, 1.54) is 0 Å². The van der Waals surface area contributed by atoms with Crippen LogP contribution in [0.1, 0.15) is 12.8 Å². The van der Waals surface area contributed by atoms with Crippen LogP contribution in [0.3, 0.4) is 0 Å². The first-order valence-corrected chi connectivity index (χ1v) is 3.85. The molecule has 1 aliphatic rings. The van der Waals surface area contributed by atoms with Crippen LogP contribution in [0, 0.1) is 0 Å². The molecule has 0 aromatic carbocycles. The minimum Gasteiger partial charge on any atom is -0.294 e. The van der Waals surface area contributed by atoms with Gasteiger partial charge in [-0.3, -0.25) is 4.90 Å². The van der Waals surface area contributed by atoms with E-state index in [1.807, 2.05) is 0 Å². The molecule has 0 N–H and O–H groups in total. The molecule has 1 heterocycles. The van der Waals surface area contributed by atoms with Crippen molar-refractivity contribution in [3.05, 3.63) is 12.2 Å². The summed E-state index contributed by atoms with van der Waals surface area (Å²) >= 11 is 0. The van der Waals surface area contributed by atoms with Gasteiger partial charge in [0.15, 0.2) is 0 Å². The Labute approximate surface area is 65.7 Å². The molecule has 3 heteroatoms. The highest BCUT2D eigenvalue weighted by molar-refractivity contribution is 5.00. The maximum Gasteiger partial charge on any atom is 0.251 e. The summed E-state index contributed by atoms with van der Waals surface area (Å²) in [4.78, 5) is 1.76. The largest absolute Gasteiger partial charge is 0.294 e. The van der Waals surface area contributed by atoms with Gasteiger partial charge in [-0.15, -0.1) is 0 Å². The Morgan fingerprint density at radius 2 is 2.27 bits per heavy atom. The van der Waals surface area contributed by atoms with E-state index >= 15 is 0 Å². The summed E-state index contributed by atoms with van der Waals surface area (Å²) in [6.07, 6.45) is -0.230. The van der Waals surface area contributed by atoms with Gasteiger partial charge in [0.1, 0.15) is 0 Å². The standard InChI is InChI=1S/C8H13F2N/c1-7-3-2-4-11(5-7)6-8(9)10/h8H,1-6H2. The Morgan fingerprint density at radius 1 is 1.55 bits per heavy atom. The average Bonchev–Trinajstić information content (AvgIpc) is 1.85. The second-order valence-corrected chi connectivity index (χ2v) is 2.98. The number of alkyl halides is 2. The molecule has 0 spiro atoms. The molecule has 0 aliphatic carbocycles. The molecule has 0 atom stereocenters. The lowest BCUT2D eigenvalue weighted by atomic mass is 10.1. The fourth-order valence-electron chi connectivity index (χ4n) is 1.38. The summed E-state index contributed by atoms with van der Waals surface area (Å²) < 4.78 is 23.8. The van der Waals surface area contributed by atoms with E-state index in [1.54, 1.807) is 4.90 Å². The summed E-state index contributed by atoms with van der Waals surface area (Å²) in [7, 11) is 0. The zero-order chi connectivity index (χ0) is 8.27. The van der Waals surface area contributed by atoms with Gasteiger partial charge in [-0.2, -0.15) is 0 Å². The molecule has 1 fully saturated rings. The summed E-state index contributed by atoms with van der Waals surface area (Å²) in [6, 6.07) is 0. The van der Waals surface area contributed by atoms with Gasteiger partial charge in [-0.1, -0.05) is 12.2 Å². The number of likely N-dealkylation sites (tertiary alicyclic amines) is 1. The topological polar surface area (TPSA) is 3.24 Å². The van der Waals surface area contributed by atoms with E-state index in [4.69, 9.17) is 0 Å². The Bertz CT molecular complexity index is 145. The lowest BCUT2D eigenvalue weighted by molar-refractivity contribution is 0.0873. The van der Waals surface area contributed by atoms with Gasteiger partial charge < -0.3 is 0 Å². The van der Waals surface area contributed by atoms with Crippen molar-refractivity contribution in [3.8, 4) is 0 Å². The fraction of sp³-hybridized carbons (Fsp3) is 0.750. The number of rotatable bonds is 2. The molecule has 0 saturated carbocycles. The van der Waals surface area contributed by atoms with Crippen LogP contribution in [0.15, 0.2) is 12.2 Å². The number of piperidine rings is 1. The van der Waals surface area contributed by atoms with Gasteiger partial charge in [-0.05, 0) is 19.4 Å². The van der Waals surface area contributed by atoms with Crippen molar-refractivity contribution in [2.45, 2.75) is 19.3 Å². The van der Waals surface area contributed by atoms with Crippen molar-refractivity contribution in [3.63, 3.8) is 0 Å². The van der Waals surface area contributed by atoms with Crippen LogP contribution < -0.4 is 0 Å². The molecular formula is C8H13F2N. The lowest BCUT2D eigenvalue weighted by Crippen LogP contribution is -2.34. The van der Waals surface area contributed by atoms with E-state index < -0.39 is 6.43 Å². The second-order valence-electron chi connectivity index (χ2n) is 2.98. The summed E-state index contributed by atoms with van der Waals surface area (Å²) in [6.45, 7) is 5.14. The first-order valence-electron chi connectivity index (χ1n) is 3.85. The molecule has 64 valence electrons. The van der Waals surface area contributed by atoms with Gasteiger partial charge in [0, 0.05) is 6.54 Å². The normalized spacial score (nSPS) is 21.2. The minimum atomic E-state index is -2.21. The lowest BCUT2D eigenvalue weighted by Gasteiger charge is -2.27. The van der Waals surface area contributed by atoms with Crippen molar-refractivity contribution in [1.82, 2.24) is 4.90 Å². The number of nitrogens with zero attached hydrogens (tertiary/aromatic N) is 1. The van der Waals surface area contributed by atoms with Crippen LogP contribution in [0.5, 0.6) is 0 Å². The van der Waals surface area contributed by atoms with Gasteiger partial charge in [0.25, 0.3) is 6.43 Å². The predicted octanol–water partition coefficient (Wildman–Crippen LogP) is 1.90. The third-order valence-electron chi connectivity index (χ3n) is 1.85. The Hall–Kier alpha value is -0.440. The highest BCUT2D eigenvalue weighted by Gasteiger charge is 2.16. The van der Waals surface area contributed by atoms with Crippen molar-refractivity contribution in [2.75, 3.05) is 19.6 Å².